The van der Waals surface area contributed by atoms with Crippen LogP contribution in [0, 0.1) is 0 Å². The number of fused-ring (bicyclic) bond motifs is 5. The van der Waals surface area contributed by atoms with Crippen LogP contribution < -0.4 is 0 Å². The molecule has 0 amide bonds. The molecule has 0 unspecified atom stereocenters. The van der Waals surface area contributed by atoms with Crippen molar-refractivity contribution in [2.75, 3.05) is 0 Å². The normalized spacial score (nSPS) is 11.4. The third-order valence-corrected chi connectivity index (χ3v) is 7.78. The van der Waals surface area contributed by atoms with Crippen molar-refractivity contribution >= 4 is 55.2 Å². The summed E-state index contributed by atoms with van der Waals surface area (Å²) in [6.07, 6.45) is 4.01. The lowest BCUT2D eigenvalue weighted by Crippen LogP contribution is -1.97. The van der Waals surface area contributed by atoms with Gasteiger partial charge in [-0.1, -0.05) is 135 Å². The molecule has 7 aromatic rings. The van der Waals surface area contributed by atoms with Crippen LogP contribution in [0.4, 0.5) is 0 Å². The minimum absolute atomic E-state index is 1.11. The number of rotatable bonds is 4. The van der Waals surface area contributed by atoms with Gasteiger partial charge >= 0.3 is 0 Å². The molecule has 7 rings (SSSR count). The van der Waals surface area contributed by atoms with E-state index in [1.165, 1.54) is 65.3 Å². The van der Waals surface area contributed by atoms with E-state index >= 15 is 0 Å². The van der Waals surface area contributed by atoms with Gasteiger partial charge in [-0.2, -0.15) is 0 Å². The van der Waals surface area contributed by atoms with Crippen molar-refractivity contribution in [3.05, 3.63) is 146 Å². The van der Waals surface area contributed by atoms with Crippen LogP contribution in [0.2, 0.25) is 0 Å². The standard InChI is InChI=1S/C38H26/c1-3-29-30(4-2)38(36-24-27-15-7-8-16-31(27)32-17-9-10-18-33(32)36)35-20-12-11-19-34(35)37(29)28-22-21-25-13-5-6-14-26(25)23-28/h3-24H,1-2H2. The molecule has 0 spiro atoms. The van der Waals surface area contributed by atoms with Gasteiger partial charge in [-0.15, -0.1) is 0 Å². The lowest BCUT2D eigenvalue weighted by Gasteiger charge is -2.22. The molecule has 0 heterocycles. The smallest absolute Gasteiger partial charge is 0.00201 e. The number of hydrogen-bond donors (Lipinski definition) is 0. The first-order valence-electron chi connectivity index (χ1n) is 13.0. The first kappa shape index (κ1) is 22.3. The van der Waals surface area contributed by atoms with Crippen LogP contribution in [0.3, 0.4) is 0 Å². The molecule has 0 aliphatic heterocycles. The Morgan fingerprint density at radius 1 is 0.395 bits per heavy atom. The van der Waals surface area contributed by atoms with E-state index in [1.807, 2.05) is 12.2 Å². The zero-order valence-electron chi connectivity index (χ0n) is 21.1. The Hall–Kier alpha value is -4.94. The van der Waals surface area contributed by atoms with Crippen molar-refractivity contribution in [3.63, 3.8) is 0 Å². The molecule has 0 saturated carbocycles. The van der Waals surface area contributed by atoms with E-state index in [2.05, 4.69) is 134 Å². The van der Waals surface area contributed by atoms with Gasteiger partial charge in [-0.3, -0.25) is 0 Å². The molecule has 0 N–H and O–H groups in total. The van der Waals surface area contributed by atoms with E-state index in [-0.39, 0.29) is 0 Å². The van der Waals surface area contributed by atoms with Crippen molar-refractivity contribution in [1.29, 1.82) is 0 Å². The van der Waals surface area contributed by atoms with Crippen molar-refractivity contribution in [2.45, 2.75) is 0 Å². The first-order chi connectivity index (χ1) is 18.8. The third kappa shape index (κ3) is 3.31. The lowest BCUT2D eigenvalue weighted by molar-refractivity contribution is 1.61. The van der Waals surface area contributed by atoms with Gasteiger partial charge < -0.3 is 0 Å². The van der Waals surface area contributed by atoms with Crippen LogP contribution in [-0.2, 0) is 0 Å². The summed E-state index contributed by atoms with van der Waals surface area (Å²) in [6.45, 7) is 8.61. The summed E-state index contributed by atoms with van der Waals surface area (Å²) >= 11 is 0. The number of benzene rings is 7. The molecule has 0 bridgehead atoms. The molecule has 0 aliphatic carbocycles. The highest BCUT2D eigenvalue weighted by Gasteiger charge is 2.20. The molecule has 0 atom stereocenters. The van der Waals surface area contributed by atoms with Crippen LogP contribution in [-0.4, -0.2) is 0 Å². The summed E-state index contributed by atoms with van der Waals surface area (Å²) in [4.78, 5) is 0. The van der Waals surface area contributed by atoms with Gasteiger partial charge in [0, 0.05) is 0 Å². The summed E-state index contributed by atoms with van der Waals surface area (Å²) in [5, 5.41) is 9.92. The predicted molar refractivity (Wildman–Crippen MR) is 168 cm³/mol. The van der Waals surface area contributed by atoms with Gasteiger partial charge in [-0.05, 0) is 88.6 Å². The summed E-state index contributed by atoms with van der Waals surface area (Å²) in [6, 6.07) is 43.8. The maximum atomic E-state index is 4.31. The van der Waals surface area contributed by atoms with Crippen LogP contribution in [0.1, 0.15) is 11.1 Å². The van der Waals surface area contributed by atoms with E-state index in [0.717, 1.165) is 11.1 Å². The largest absolute Gasteiger partial charge is 0.0984 e. The second-order valence-corrected chi connectivity index (χ2v) is 9.78. The van der Waals surface area contributed by atoms with E-state index in [9.17, 15) is 0 Å². The third-order valence-electron chi connectivity index (χ3n) is 7.78. The average molecular weight is 483 g/mol. The molecule has 0 heteroatoms. The van der Waals surface area contributed by atoms with E-state index < -0.39 is 0 Å². The van der Waals surface area contributed by atoms with Crippen molar-refractivity contribution in [2.24, 2.45) is 0 Å². The van der Waals surface area contributed by atoms with E-state index in [0.29, 0.717) is 0 Å². The number of hydrogen-bond acceptors (Lipinski definition) is 0. The van der Waals surface area contributed by atoms with E-state index in [4.69, 9.17) is 0 Å². The Balaban J connectivity index is 1.65. The van der Waals surface area contributed by atoms with E-state index in [1.54, 1.807) is 0 Å². The molecular weight excluding hydrogens is 456 g/mol. The highest BCUT2D eigenvalue weighted by Crippen LogP contribution is 2.46. The molecule has 0 aliphatic rings. The molecule has 38 heavy (non-hydrogen) atoms. The van der Waals surface area contributed by atoms with Crippen molar-refractivity contribution < 1.29 is 0 Å². The van der Waals surface area contributed by atoms with Gasteiger partial charge in [0.15, 0.2) is 0 Å². The molecular formula is C38H26. The Bertz CT molecular complexity index is 2060. The van der Waals surface area contributed by atoms with Gasteiger partial charge in [0.1, 0.15) is 0 Å². The molecule has 0 fully saturated rings. The van der Waals surface area contributed by atoms with Gasteiger partial charge in [0.05, 0.1) is 0 Å². The minimum atomic E-state index is 1.11. The average Bonchev–Trinajstić information content (AvgIpc) is 2.99. The fourth-order valence-corrected chi connectivity index (χ4v) is 6.11. The van der Waals surface area contributed by atoms with Crippen molar-refractivity contribution in [1.82, 2.24) is 0 Å². The van der Waals surface area contributed by atoms with Crippen LogP contribution in [0.25, 0.3) is 77.5 Å². The van der Waals surface area contributed by atoms with Gasteiger partial charge in [0.25, 0.3) is 0 Å². The van der Waals surface area contributed by atoms with Crippen LogP contribution >= 0.6 is 0 Å². The lowest BCUT2D eigenvalue weighted by atomic mass is 9.81. The Labute approximate surface area is 222 Å². The SMILES string of the molecule is C=Cc1c(C=C)c(-c2cc3ccccc3c3ccccc23)c2ccccc2c1-c1ccc2ccccc2c1. The molecule has 7 aromatic carbocycles. The fraction of sp³-hybridized carbons (Fsp3) is 0. The van der Waals surface area contributed by atoms with Gasteiger partial charge in [0.2, 0.25) is 0 Å². The molecule has 0 saturated heterocycles. The molecule has 0 nitrogen and oxygen atoms in total. The second-order valence-electron chi connectivity index (χ2n) is 9.78. The van der Waals surface area contributed by atoms with Gasteiger partial charge in [-0.25, -0.2) is 0 Å². The quantitative estimate of drug-likeness (QED) is 0.219. The summed E-state index contributed by atoms with van der Waals surface area (Å²) in [7, 11) is 0. The van der Waals surface area contributed by atoms with Crippen molar-refractivity contribution in [3.8, 4) is 22.3 Å². The summed E-state index contributed by atoms with van der Waals surface area (Å²) < 4.78 is 0. The maximum Gasteiger partial charge on any atom is -0.00201 e. The molecule has 178 valence electrons. The highest BCUT2D eigenvalue weighted by atomic mass is 14.2. The summed E-state index contributed by atoms with van der Waals surface area (Å²) in [5.74, 6) is 0. The minimum Gasteiger partial charge on any atom is -0.0984 e. The second kappa shape index (κ2) is 8.87. The molecule has 0 aromatic heterocycles. The highest BCUT2D eigenvalue weighted by molar-refractivity contribution is 6.20. The zero-order chi connectivity index (χ0) is 25.6. The van der Waals surface area contributed by atoms with Crippen LogP contribution in [0.5, 0.6) is 0 Å². The maximum absolute atomic E-state index is 4.31. The molecule has 0 radical (unpaired) electrons. The Morgan fingerprint density at radius 2 is 0.921 bits per heavy atom. The Morgan fingerprint density at radius 3 is 1.63 bits per heavy atom. The Kier molecular flexibility index (Phi) is 5.20. The first-order valence-corrected chi connectivity index (χ1v) is 13.0. The zero-order valence-corrected chi connectivity index (χ0v) is 21.1. The summed E-state index contributed by atoms with van der Waals surface area (Å²) in [5.41, 5.74) is 7.04. The topological polar surface area (TPSA) is 0 Å². The van der Waals surface area contributed by atoms with Crippen LogP contribution in [0.15, 0.2) is 134 Å². The predicted octanol–water partition coefficient (Wildman–Crippen LogP) is 10.9. The monoisotopic (exact) mass is 482 g/mol. The fourth-order valence-electron chi connectivity index (χ4n) is 6.11.